The molecule has 2 rings (SSSR count). The van der Waals surface area contributed by atoms with E-state index in [-0.39, 0.29) is 0 Å². The van der Waals surface area contributed by atoms with E-state index in [1.54, 1.807) is 22.7 Å². The average Bonchev–Trinajstić information content (AvgIpc) is 2.75. The Morgan fingerprint density at radius 1 is 1.33 bits per heavy atom. The third kappa shape index (κ3) is 2.45. The van der Waals surface area contributed by atoms with Gasteiger partial charge in [0.15, 0.2) is 0 Å². The maximum Gasteiger partial charge on any atom is 0.0957 e. The highest BCUT2D eigenvalue weighted by atomic mass is 32.1. The van der Waals surface area contributed by atoms with E-state index < -0.39 is 6.10 Å². The van der Waals surface area contributed by atoms with Crippen LogP contribution in [0.1, 0.15) is 27.9 Å². The molecule has 0 aromatic carbocycles. The first-order valence-corrected chi connectivity index (χ1v) is 6.61. The van der Waals surface area contributed by atoms with Gasteiger partial charge in [-0.1, -0.05) is 0 Å². The van der Waals surface area contributed by atoms with Crippen molar-refractivity contribution in [2.24, 2.45) is 0 Å². The van der Waals surface area contributed by atoms with Gasteiger partial charge in [-0.3, -0.25) is 0 Å². The number of hydrogen-bond acceptors (Lipinski definition) is 4. The zero-order valence-electron chi connectivity index (χ0n) is 8.73. The lowest BCUT2D eigenvalue weighted by Crippen LogP contribution is -2.01. The van der Waals surface area contributed by atoms with Gasteiger partial charge in [-0.05, 0) is 35.7 Å². The van der Waals surface area contributed by atoms with Gasteiger partial charge in [0.1, 0.15) is 0 Å². The number of aliphatic hydroxyl groups excluding tert-OH is 1. The normalized spacial score (nSPS) is 13.0. The van der Waals surface area contributed by atoms with Crippen LogP contribution in [0.15, 0.2) is 16.1 Å². The second kappa shape index (κ2) is 4.43. The van der Waals surface area contributed by atoms with Crippen LogP contribution in [0.5, 0.6) is 0 Å². The van der Waals surface area contributed by atoms with Crippen molar-refractivity contribution in [1.29, 1.82) is 0 Å². The number of aromatic nitrogens is 1. The monoisotopic (exact) mass is 239 g/mol. The zero-order valence-corrected chi connectivity index (χ0v) is 10.4. The van der Waals surface area contributed by atoms with Crippen molar-refractivity contribution in [3.05, 3.63) is 38.0 Å². The minimum absolute atomic E-state index is 0.415. The minimum atomic E-state index is -0.415. The molecule has 1 atom stereocenters. The van der Waals surface area contributed by atoms with Crippen molar-refractivity contribution >= 4 is 22.7 Å². The van der Waals surface area contributed by atoms with Crippen LogP contribution in [0.4, 0.5) is 0 Å². The fraction of sp³-hybridized carbons (Fsp3) is 0.364. The Morgan fingerprint density at radius 2 is 2.13 bits per heavy atom. The quantitative estimate of drug-likeness (QED) is 0.893. The van der Waals surface area contributed by atoms with Crippen LogP contribution in [-0.2, 0) is 6.42 Å². The Balaban J connectivity index is 2.10. The summed E-state index contributed by atoms with van der Waals surface area (Å²) in [5.41, 5.74) is 3.23. The van der Waals surface area contributed by atoms with Crippen molar-refractivity contribution < 1.29 is 5.11 Å². The standard InChI is InChI=1S/C11H13NOS2/c1-7-4-14-6-9(7)10(13)3-11-12-8(2)5-15-11/h4-6,10,13H,3H2,1-2H3. The van der Waals surface area contributed by atoms with Crippen LogP contribution in [0.25, 0.3) is 0 Å². The van der Waals surface area contributed by atoms with Crippen LogP contribution in [0.3, 0.4) is 0 Å². The molecule has 0 spiro atoms. The smallest absolute Gasteiger partial charge is 0.0957 e. The van der Waals surface area contributed by atoms with Crippen LogP contribution in [0.2, 0.25) is 0 Å². The molecule has 80 valence electrons. The molecule has 1 N–H and O–H groups in total. The molecular formula is C11H13NOS2. The SMILES string of the molecule is Cc1csc(CC(O)c2cscc2C)n1. The van der Waals surface area contributed by atoms with Crippen LogP contribution in [0, 0.1) is 13.8 Å². The molecule has 0 amide bonds. The van der Waals surface area contributed by atoms with Gasteiger partial charge in [0.05, 0.1) is 11.1 Å². The van der Waals surface area contributed by atoms with Crippen LogP contribution < -0.4 is 0 Å². The summed E-state index contributed by atoms with van der Waals surface area (Å²) in [5.74, 6) is 0. The molecule has 0 bridgehead atoms. The highest BCUT2D eigenvalue weighted by molar-refractivity contribution is 7.09. The van der Waals surface area contributed by atoms with Gasteiger partial charge in [0.25, 0.3) is 0 Å². The van der Waals surface area contributed by atoms with E-state index in [9.17, 15) is 5.11 Å². The first-order valence-electron chi connectivity index (χ1n) is 4.78. The lowest BCUT2D eigenvalue weighted by Gasteiger charge is -2.07. The molecule has 0 saturated heterocycles. The first-order chi connectivity index (χ1) is 7.16. The fourth-order valence-electron chi connectivity index (χ4n) is 1.48. The summed E-state index contributed by atoms with van der Waals surface area (Å²) in [6, 6.07) is 0. The van der Waals surface area contributed by atoms with Crippen LogP contribution >= 0.6 is 22.7 Å². The molecule has 0 aliphatic heterocycles. The third-order valence-electron chi connectivity index (χ3n) is 2.29. The largest absolute Gasteiger partial charge is 0.388 e. The van der Waals surface area contributed by atoms with Crippen molar-refractivity contribution in [1.82, 2.24) is 4.98 Å². The molecule has 0 radical (unpaired) electrons. The molecule has 0 aliphatic rings. The minimum Gasteiger partial charge on any atom is -0.388 e. The van der Waals surface area contributed by atoms with E-state index in [1.165, 1.54) is 5.56 Å². The van der Waals surface area contributed by atoms with Gasteiger partial charge in [-0.25, -0.2) is 4.98 Å². The number of nitrogens with zero attached hydrogens (tertiary/aromatic N) is 1. The summed E-state index contributed by atoms with van der Waals surface area (Å²) < 4.78 is 0. The predicted molar refractivity (Wildman–Crippen MR) is 64.6 cm³/mol. The van der Waals surface area contributed by atoms with Gasteiger partial charge < -0.3 is 5.11 Å². The Kier molecular flexibility index (Phi) is 3.19. The summed E-state index contributed by atoms with van der Waals surface area (Å²) >= 11 is 3.25. The number of aryl methyl sites for hydroxylation is 2. The Hall–Kier alpha value is -0.710. The van der Waals surface area contributed by atoms with E-state index in [4.69, 9.17) is 0 Å². The molecule has 2 aromatic heterocycles. The number of hydrogen-bond donors (Lipinski definition) is 1. The van der Waals surface area contributed by atoms with E-state index in [0.717, 1.165) is 16.3 Å². The van der Waals surface area contributed by atoms with Gasteiger partial charge in [0.2, 0.25) is 0 Å². The van der Waals surface area contributed by atoms with Gasteiger partial charge in [-0.2, -0.15) is 11.3 Å². The molecule has 4 heteroatoms. The Labute approximate surface area is 97.2 Å². The molecule has 2 aromatic rings. The number of thiophene rings is 1. The van der Waals surface area contributed by atoms with E-state index in [1.807, 2.05) is 24.6 Å². The van der Waals surface area contributed by atoms with Gasteiger partial charge in [-0.15, -0.1) is 11.3 Å². The molecule has 2 nitrogen and oxygen atoms in total. The summed E-state index contributed by atoms with van der Waals surface area (Å²) in [5, 5.41) is 17.1. The second-order valence-corrected chi connectivity index (χ2v) is 5.30. The summed E-state index contributed by atoms with van der Waals surface area (Å²) in [4.78, 5) is 4.35. The molecular weight excluding hydrogens is 226 g/mol. The molecule has 1 unspecified atom stereocenters. The molecule has 15 heavy (non-hydrogen) atoms. The van der Waals surface area contributed by atoms with Crippen LogP contribution in [-0.4, -0.2) is 10.1 Å². The van der Waals surface area contributed by atoms with E-state index >= 15 is 0 Å². The number of rotatable bonds is 3. The zero-order chi connectivity index (χ0) is 10.8. The van der Waals surface area contributed by atoms with Crippen molar-refractivity contribution in [2.75, 3.05) is 0 Å². The topological polar surface area (TPSA) is 33.1 Å². The summed E-state index contributed by atoms with van der Waals surface area (Å²) in [7, 11) is 0. The fourth-order valence-corrected chi connectivity index (χ4v) is 3.19. The van der Waals surface area contributed by atoms with Crippen molar-refractivity contribution in [3.63, 3.8) is 0 Å². The van der Waals surface area contributed by atoms with Gasteiger partial charge in [0, 0.05) is 17.5 Å². The predicted octanol–water partition coefficient (Wildman–Crippen LogP) is 3.10. The Bertz CT molecular complexity index is 447. The van der Waals surface area contributed by atoms with Gasteiger partial charge >= 0.3 is 0 Å². The molecule has 0 fully saturated rings. The number of aliphatic hydroxyl groups is 1. The Morgan fingerprint density at radius 3 is 2.67 bits per heavy atom. The first kappa shape index (κ1) is 10.8. The third-order valence-corrected chi connectivity index (χ3v) is 4.16. The van der Waals surface area contributed by atoms with Crippen molar-refractivity contribution in [2.45, 2.75) is 26.4 Å². The summed E-state index contributed by atoms with van der Waals surface area (Å²) in [6.45, 7) is 4.00. The average molecular weight is 239 g/mol. The molecule has 2 heterocycles. The van der Waals surface area contributed by atoms with Crippen molar-refractivity contribution in [3.8, 4) is 0 Å². The van der Waals surface area contributed by atoms with E-state index in [2.05, 4.69) is 10.4 Å². The molecule has 0 aliphatic carbocycles. The second-order valence-electron chi connectivity index (χ2n) is 3.61. The lowest BCUT2D eigenvalue weighted by molar-refractivity contribution is 0.178. The molecule has 0 saturated carbocycles. The maximum absolute atomic E-state index is 10.0. The summed E-state index contributed by atoms with van der Waals surface area (Å²) in [6.07, 6.45) is 0.206. The highest BCUT2D eigenvalue weighted by Crippen LogP contribution is 2.25. The number of thiazole rings is 1. The lowest BCUT2D eigenvalue weighted by atomic mass is 10.1. The highest BCUT2D eigenvalue weighted by Gasteiger charge is 2.13. The van der Waals surface area contributed by atoms with E-state index in [0.29, 0.717) is 6.42 Å². The maximum atomic E-state index is 10.0.